The predicted octanol–water partition coefficient (Wildman–Crippen LogP) is 5.00. The van der Waals surface area contributed by atoms with Crippen LogP contribution in [0.2, 0.25) is 0 Å². The maximum Gasteiger partial charge on any atom is 0.255 e. The molecule has 0 radical (unpaired) electrons. The summed E-state index contributed by atoms with van der Waals surface area (Å²) in [6.45, 7) is 0. The molecule has 29 heavy (non-hydrogen) atoms. The molecule has 7 heteroatoms. The molecule has 1 aliphatic rings. The predicted molar refractivity (Wildman–Crippen MR) is 110 cm³/mol. The molecular weight excluding hydrogens is 394 g/mol. The van der Waals surface area contributed by atoms with Crippen LogP contribution in [0, 0.1) is 11.6 Å². The molecule has 146 valence electrons. The highest BCUT2D eigenvalue weighted by molar-refractivity contribution is 8.00. The van der Waals surface area contributed by atoms with Crippen molar-refractivity contribution in [3.8, 4) is 0 Å². The van der Waals surface area contributed by atoms with Crippen LogP contribution in [0.3, 0.4) is 0 Å². The second-order valence-corrected chi connectivity index (χ2v) is 7.53. The van der Waals surface area contributed by atoms with Crippen LogP contribution in [0.4, 0.5) is 20.2 Å². The molecule has 0 saturated carbocycles. The van der Waals surface area contributed by atoms with Gasteiger partial charge in [-0.05, 0) is 54.1 Å². The number of carbonyl (C=O) groups is 2. The number of para-hydroxylation sites is 1. The van der Waals surface area contributed by atoms with Crippen molar-refractivity contribution in [3.63, 3.8) is 0 Å². The van der Waals surface area contributed by atoms with Crippen molar-refractivity contribution in [1.29, 1.82) is 0 Å². The third kappa shape index (κ3) is 4.00. The Hall–Kier alpha value is -3.19. The summed E-state index contributed by atoms with van der Waals surface area (Å²) in [5, 5.41) is 2.40. The molecule has 4 rings (SSSR count). The molecule has 3 aromatic rings. The number of hydrogen-bond donors (Lipinski definition) is 1. The Labute approximate surface area is 170 Å². The minimum Gasteiger partial charge on any atom is -0.322 e. The third-order valence-electron chi connectivity index (χ3n) is 4.54. The Bertz CT molecular complexity index is 1060. The number of anilines is 2. The van der Waals surface area contributed by atoms with E-state index < -0.39 is 11.6 Å². The van der Waals surface area contributed by atoms with Gasteiger partial charge in [-0.1, -0.05) is 24.3 Å². The zero-order chi connectivity index (χ0) is 20.4. The van der Waals surface area contributed by atoms with Crippen molar-refractivity contribution in [2.24, 2.45) is 0 Å². The number of nitrogens with zero attached hydrogens (tertiary/aromatic N) is 1. The van der Waals surface area contributed by atoms with Crippen LogP contribution < -0.4 is 10.2 Å². The van der Waals surface area contributed by atoms with E-state index in [1.165, 1.54) is 47.0 Å². The Balaban J connectivity index is 1.52. The average molecular weight is 410 g/mol. The monoisotopic (exact) mass is 410 g/mol. The van der Waals surface area contributed by atoms with Gasteiger partial charge >= 0.3 is 0 Å². The summed E-state index contributed by atoms with van der Waals surface area (Å²) in [6, 6.07) is 18.5. The molecule has 1 unspecified atom stereocenters. The lowest BCUT2D eigenvalue weighted by atomic mass is 10.1. The van der Waals surface area contributed by atoms with Crippen molar-refractivity contribution in [1.82, 2.24) is 0 Å². The van der Waals surface area contributed by atoms with Gasteiger partial charge in [-0.2, -0.15) is 0 Å². The molecule has 1 fully saturated rings. The maximum atomic E-state index is 14.2. The molecule has 0 aromatic heterocycles. The van der Waals surface area contributed by atoms with E-state index in [1.54, 1.807) is 42.5 Å². The molecule has 0 bridgehead atoms. The van der Waals surface area contributed by atoms with E-state index in [-0.39, 0.29) is 28.6 Å². The van der Waals surface area contributed by atoms with Crippen molar-refractivity contribution in [2.75, 3.05) is 16.0 Å². The van der Waals surface area contributed by atoms with E-state index in [4.69, 9.17) is 0 Å². The number of hydrogen-bond acceptors (Lipinski definition) is 3. The van der Waals surface area contributed by atoms with Gasteiger partial charge < -0.3 is 5.32 Å². The lowest BCUT2D eigenvalue weighted by molar-refractivity contribution is -0.115. The Morgan fingerprint density at radius 1 is 0.966 bits per heavy atom. The van der Waals surface area contributed by atoms with Gasteiger partial charge in [-0.25, -0.2) is 8.78 Å². The smallest absolute Gasteiger partial charge is 0.255 e. The van der Waals surface area contributed by atoms with Gasteiger partial charge in [0, 0.05) is 11.3 Å². The largest absolute Gasteiger partial charge is 0.322 e. The minimum atomic E-state index is -0.448. The first-order valence-electron chi connectivity index (χ1n) is 8.88. The quantitative estimate of drug-likeness (QED) is 0.659. The maximum absolute atomic E-state index is 14.2. The normalized spacial score (nSPS) is 16.1. The number of rotatable bonds is 4. The van der Waals surface area contributed by atoms with Gasteiger partial charge in [0.2, 0.25) is 5.91 Å². The molecule has 1 N–H and O–H groups in total. The Morgan fingerprint density at radius 3 is 2.34 bits per heavy atom. The lowest BCUT2D eigenvalue weighted by Gasteiger charge is -2.24. The minimum absolute atomic E-state index is 0.154. The van der Waals surface area contributed by atoms with Crippen molar-refractivity contribution in [2.45, 2.75) is 5.37 Å². The van der Waals surface area contributed by atoms with Gasteiger partial charge in [-0.15, -0.1) is 11.8 Å². The van der Waals surface area contributed by atoms with E-state index in [9.17, 15) is 18.4 Å². The van der Waals surface area contributed by atoms with Gasteiger partial charge in [0.05, 0.1) is 11.4 Å². The number of benzene rings is 3. The van der Waals surface area contributed by atoms with Crippen molar-refractivity contribution in [3.05, 3.63) is 95.6 Å². The zero-order valence-corrected chi connectivity index (χ0v) is 16.0. The van der Waals surface area contributed by atoms with Crippen LogP contribution in [0.5, 0.6) is 0 Å². The van der Waals surface area contributed by atoms with Crippen LogP contribution in [0.1, 0.15) is 21.3 Å². The summed E-state index contributed by atoms with van der Waals surface area (Å²) in [5.41, 5.74) is 1.98. The van der Waals surface area contributed by atoms with E-state index >= 15 is 0 Å². The average Bonchev–Trinajstić information content (AvgIpc) is 3.10. The van der Waals surface area contributed by atoms with Crippen molar-refractivity contribution >= 4 is 35.0 Å². The zero-order valence-electron chi connectivity index (χ0n) is 15.1. The summed E-state index contributed by atoms with van der Waals surface area (Å²) in [5.74, 6) is -1.09. The first-order valence-corrected chi connectivity index (χ1v) is 9.93. The molecule has 1 saturated heterocycles. The van der Waals surface area contributed by atoms with E-state index in [0.29, 0.717) is 11.3 Å². The molecular formula is C22H16F2N2O2S. The molecule has 3 aromatic carbocycles. The number of nitrogens with one attached hydrogen (secondary N) is 1. The number of halogens is 2. The van der Waals surface area contributed by atoms with E-state index in [2.05, 4.69) is 5.32 Å². The summed E-state index contributed by atoms with van der Waals surface area (Å²) in [7, 11) is 0. The standard InChI is InChI=1S/C22H16F2N2O2S/c23-16-9-5-14(6-10-16)21(28)25-17-11-7-15(8-12-17)22-26(20(27)13-29-22)19-4-2-1-3-18(19)24/h1-12,22H,13H2,(H,25,28). The summed E-state index contributed by atoms with van der Waals surface area (Å²) < 4.78 is 27.2. The van der Waals surface area contributed by atoms with Crippen LogP contribution in [0.15, 0.2) is 72.8 Å². The molecule has 1 atom stereocenters. The highest BCUT2D eigenvalue weighted by Gasteiger charge is 2.35. The van der Waals surface area contributed by atoms with Crippen LogP contribution in [-0.2, 0) is 4.79 Å². The highest BCUT2D eigenvalue weighted by atomic mass is 32.2. The highest BCUT2D eigenvalue weighted by Crippen LogP contribution is 2.42. The van der Waals surface area contributed by atoms with Gasteiger partial charge in [0.1, 0.15) is 17.0 Å². The van der Waals surface area contributed by atoms with Gasteiger partial charge in [0.15, 0.2) is 0 Å². The second-order valence-electron chi connectivity index (χ2n) is 6.46. The van der Waals surface area contributed by atoms with Gasteiger partial charge in [0.25, 0.3) is 5.91 Å². The first kappa shape index (κ1) is 19.1. The van der Waals surface area contributed by atoms with Crippen LogP contribution in [-0.4, -0.2) is 17.6 Å². The first-order chi connectivity index (χ1) is 14.0. The van der Waals surface area contributed by atoms with Crippen LogP contribution >= 0.6 is 11.8 Å². The lowest BCUT2D eigenvalue weighted by Crippen LogP contribution is -2.28. The Kier molecular flexibility index (Phi) is 5.31. The number of thioether (sulfide) groups is 1. The molecule has 1 heterocycles. The molecule has 0 spiro atoms. The molecule has 2 amide bonds. The summed E-state index contributed by atoms with van der Waals surface area (Å²) in [4.78, 5) is 26.1. The van der Waals surface area contributed by atoms with Crippen molar-refractivity contribution < 1.29 is 18.4 Å². The fourth-order valence-electron chi connectivity index (χ4n) is 3.11. The van der Waals surface area contributed by atoms with Gasteiger partial charge in [-0.3, -0.25) is 14.5 Å². The second kappa shape index (κ2) is 8.05. The van der Waals surface area contributed by atoms with E-state index in [1.807, 2.05) is 0 Å². The molecule has 0 aliphatic carbocycles. The van der Waals surface area contributed by atoms with Crippen LogP contribution in [0.25, 0.3) is 0 Å². The van der Waals surface area contributed by atoms with E-state index in [0.717, 1.165) is 5.56 Å². The molecule has 4 nitrogen and oxygen atoms in total. The fraction of sp³-hybridized carbons (Fsp3) is 0.0909. The number of carbonyl (C=O) groups excluding carboxylic acids is 2. The molecule has 1 aliphatic heterocycles. The Morgan fingerprint density at radius 2 is 1.66 bits per heavy atom. The SMILES string of the molecule is O=C(Nc1ccc(C2SCC(=O)N2c2ccccc2F)cc1)c1ccc(F)cc1. The fourth-order valence-corrected chi connectivity index (χ4v) is 4.28. The summed E-state index contributed by atoms with van der Waals surface area (Å²) >= 11 is 1.42. The summed E-state index contributed by atoms with van der Waals surface area (Å²) in [6.07, 6.45) is 0. The number of amides is 2. The topological polar surface area (TPSA) is 49.4 Å². The third-order valence-corrected chi connectivity index (χ3v) is 5.75.